The molecule has 2 aromatic heterocycles. The standard InChI is InChI=1S/C17H19N5O2/c1-9-5-7-13(8-6-9)20-16(23)11(3)22-15-14(10(2)21-22)17(24)19-12(4)18-15/h5-8,11H,1-4H3,(H,20,23)(H,18,19,24). The molecule has 0 saturated heterocycles. The fraction of sp³-hybridized carbons (Fsp3) is 0.294. The van der Waals surface area contributed by atoms with Gasteiger partial charge in [-0.2, -0.15) is 5.10 Å². The van der Waals surface area contributed by atoms with E-state index in [4.69, 9.17) is 0 Å². The van der Waals surface area contributed by atoms with Crippen LogP contribution in [0.5, 0.6) is 0 Å². The van der Waals surface area contributed by atoms with E-state index in [9.17, 15) is 9.59 Å². The molecule has 0 aliphatic heterocycles. The van der Waals surface area contributed by atoms with Gasteiger partial charge in [0.25, 0.3) is 5.56 Å². The number of fused-ring (bicyclic) bond motifs is 1. The second-order valence-electron chi connectivity index (χ2n) is 5.91. The zero-order chi connectivity index (χ0) is 17.4. The van der Waals surface area contributed by atoms with Crippen LogP contribution in [0.25, 0.3) is 11.0 Å². The topological polar surface area (TPSA) is 92.7 Å². The number of benzene rings is 1. The molecule has 1 amide bonds. The van der Waals surface area contributed by atoms with Gasteiger partial charge in [0.1, 0.15) is 17.3 Å². The maximum atomic E-state index is 12.5. The molecule has 1 aromatic carbocycles. The van der Waals surface area contributed by atoms with Gasteiger partial charge in [0.05, 0.1) is 5.69 Å². The molecule has 0 radical (unpaired) electrons. The predicted molar refractivity (Wildman–Crippen MR) is 92.1 cm³/mol. The first kappa shape index (κ1) is 15.9. The molecule has 7 nitrogen and oxygen atoms in total. The van der Waals surface area contributed by atoms with Crippen LogP contribution in [0.1, 0.15) is 30.0 Å². The third kappa shape index (κ3) is 2.80. The van der Waals surface area contributed by atoms with Gasteiger partial charge in [-0.1, -0.05) is 17.7 Å². The van der Waals surface area contributed by atoms with Crippen molar-refractivity contribution in [2.45, 2.75) is 33.7 Å². The molecule has 0 fully saturated rings. The Morgan fingerprint density at radius 2 is 1.88 bits per heavy atom. The van der Waals surface area contributed by atoms with Crippen molar-refractivity contribution >= 4 is 22.6 Å². The number of aryl methyl sites for hydroxylation is 3. The fourth-order valence-electron chi connectivity index (χ4n) is 2.59. The van der Waals surface area contributed by atoms with Gasteiger partial charge in [-0.15, -0.1) is 0 Å². The Morgan fingerprint density at radius 3 is 2.54 bits per heavy atom. The van der Waals surface area contributed by atoms with Crippen LogP contribution in [-0.4, -0.2) is 25.7 Å². The van der Waals surface area contributed by atoms with Gasteiger partial charge in [-0.05, 0) is 39.8 Å². The Morgan fingerprint density at radius 1 is 1.21 bits per heavy atom. The molecule has 1 atom stereocenters. The van der Waals surface area contributed by atoms with Crippen molar-refractivity contribution in [3.63, 3.8) is 0 Å². The Bertz CT molecular complexity index is 969. The van der Waals surface area contributed by atoms with E-state index in [-0.39, 0.29) is 11.5 Å². The lowest BCUT2D eigenvalue weighted by molar-refractivity contribution is -0.119. The molecular weight excluding hydrogens is 306 g/mol. The van der Waals surface area contributed by atoms with Crippen LogP contribution in [0.3, 0.4) is 0 Å². The number of amides is 1. The lowest BCUT2D eigenvalue weighted by Crippen LogP contribution is -2.25. The molecule has 24 heavy (non-hydrogen) atoms. The van der Waals surface area contributed by atoms with Crippen LogP contribution in [0, 0.1) is 20.8 Å². The minimum Gasteiger partial charge on any atom is -0.324 e. The molecule has 0 spiro atoms. The number of anilines is 1. The molecule has 0 aliphatic carbocycles. The number of hydrogen-bond acceptors (Lipinski definition) is 4. The van der Waals surface area contributed by atoms with E-state index >= 15 is 0 Å². The van der Waals surface area contributed by atoms with Crippen molar-refractivity contribution in [3.05, 3.63) is 51.7 Å². The predicted octanol–water partition coefficient (Wildman–Crippen LogP) is 2.24. The molecule has 124 valence electrons. The number of nitrogens with zero attached hydrogens (tertiary/aromatic N) is 3. The van der Waals surface area contributed by atoms with E-state index in [1.165, 1.54) is 4.68 Å². The van der Waals surface area contributed by atoms with Gasteiger partial charge in [-0.3, -0.25) is 9.59 Å². The number of aromatic amines is 1. The summed E-state index contributed by atoms with van der Waals surface area (Å²) in [5, 5.41) is 7.61. The number of aromatic nitrogens is 4. The van der Waals surface area contributed by atoms with Gasteiger partial charge in [0, 0.05) is 5.69 Å². The molecule has 2 N–H and O–H groups in total. The summed E-state index contributed by atoms with van der Waals surface area (Å²) in [5.41, 5.74) is 2.56. The van der Waals surface area contributed by atoms with Gasteiger partial charge in [-0.25, -0.2) is 9.67 Å². The summed E-state index contributed by atoms with van der Waals surface area (Å²) in [6, 6.07) is 6.95. The summed E-state index contributed by atoms with van der Waals surface area (Å²) in [4.78, 5) is 31.6. The minimum atomic E-state index is -0.601. The Labute approximate surface area is 138 Å². The largest absolute Gasteiger partial charge is 0.324 e. The molecular formula is C17H19N5O2. The second-order valence-corrected chi connectivity index (χ2v) is 5.91. The number of nitrogens with one attached hydrogen (secondary N) is 2. The van der Waals surface area contributed by atoms with Crippen LogP contribution >= 0.6 is 0 Å². The van der Waals surface area contributed by atoms with Crippen LogP contribution in [-0.2, 0) is 4.79 Å². The Kier molecular flexibility index (Phi) is 3.92. The molecule has 0 aliphatic rings. The normalized spacial score (nSPS) is 12.3. The van der Waals surface area contributed by atoms with Crippen LogP contribution in [0.2, 0.25) is 0 Å². The van der Waals surface area contributed by atoms with Crippen molar-refractivity contribution < 1.29 is 4.79 Å². The number of H-pyrrole nitrogens is 1. The zero-order valence-electron chi connectivity index (χ0n) is 14.0. The van der Waals surface area contributed by atoms with Gasteiger partial charge in [0.15, 0.2) is 5.65 Å². The summed E-state index contributed by atoms with van der Waals surface area (Å²) >= 11 is 0. The summed E-state index contributed by atoms with van der Waals surface area (Å²) in [6.45, 7) is 7.15. The number of carbonyl (C=O) groups excluding carboxylic acids is 1. The van der Waals surface area contributed by atoms with E-state index in [1.54, 1.807) is 20.8 Å². The highest BCUT2D eigenvalue weighted by Crippen LogP contribution is 2.18. The average molecular weight is 325 g/mol. The first-order valence-electron chi connectivity index (χ1n) is 7.70. The van der Waals surface area contributed by atoms with E-state index in [1.807, 2.05) is 31.2 Å². The minimum absolute atomic E-state index is 0.219. The summed E-state index contributed by atoms with van der Waals surface area (Å²) in [7, 11) is 0. The number of carbonyl (C=O) groups is 1. The Hall–Kier alpha value is -2.96. The lowest BCUT2D eigenvalue weighted by atomic mass is 10.2. The Balaban J connectivity index is 1.96. The molecule has 7 heteroatoms. The smallest absolute Gasteiger partial charge is 0.262 e. The van der Waals surface area contributed by atoms with Gasteiger partial charge in [0.2, 0.25) is 5.91 Å². The molecule has 0 bridgehead atoms. The monoisotopic (exact) mass is 325 g/mol. The van der Waals surface area contributed by atoms with Gasteiger partial charge >= 0.3 is 0 Å². The van der Waals surface area contributed by atoms with Crippen molar-refractivity contribution in [1.29, 1.82) is 0 Å². The maximum Gasteiger partial charge on any atom is 0.262 e. The van der Waals surface area contributed by atoms with Crippen LogP contribution in [0.15, 0.2) is 29.1 Å². The van der Waals surface area contributed by atoms with Crippen molar-refractivity contribution in [1.82, 2.24) is 19.7 Å². The zero-order valence-corrected chi connectivity index (χ0v) is 14.0. The number of rotatable bonds is 3. The lowest BCUT2D eigenvalue weighted by Gasteiger charge is -2.13. The summed E-state index contributed by atoms with van der Waals surface area (Å²) < 4.78 is 1.50. The first-order chi connectivity index (χ1) is 11.4. The van der Waals surface area contributed by atoms with Crippen molar-refractivity contribution in [3.8, 4) is 0 Å². The summed E-state index contributed by atoms with van der Waals surface area (Å²) in [6.07, 6.45) is 0. The molecule has 0 saturated carbocycles. The molecule has 3 rings (SSSR count). The molecule has 1 unspecified atom stereocenters. The second kappa shape index (κ2) is 5.92. The fourth-order valence-corrected chi connectivity index (χ4v) is 2.59. The third-order valence-electron chi connectivity index (χ3n) is 3.92. The molecule has 2 heterocycles. The van der Waals surface area contributed by atoms with Crippen LogP contribution in [0.4, 0.5) is 5.69 Å². The van der Waals surface area contributed by atoms with E-state index in [2.05, 4.69) is 20.4 Å². The van der Waals surface area contributed by atoms with E-state index in [0.29, 0.717) is 28.2 Å². The van der Waals surface area contributed by atoms with Crippen molar-refractivity contribution in [2.24, 2.45) is 0 Å². The average Bonchev–Trinajstić information content (AvgIpc) is 2.85. The number of hydrogen-bond donors (Lipinski definition) is 2. The summed E-state index contributed by atoms with van der Waals surface area (Å²) in [5.74, 6) is 0.266. The highest BCUT2D eigenvalue weighted by molar-refractivity contribution is 5.94. The highest BCUT2D eigenvalue weighted by atomic mass is 16.2. The van der Waals surface area contributed by atoms with E-state index in [0.717, 1.165) is 5.56 Å². The first-order valence-corrected chi connectivity index (χ1v) is 7.70. The third-order valence-corrected chi connectivity index (χ3v) is 3.92. The van der Waals surface area contributed by atoms with Crippen molar-refractivity contribution in [2.75, 3.05) is 5.32 Å². The van der Waals surface area contributed by atoms with Crippen LogP contribution < -0.4 is 10.9 Å². The quantitative estimate of drug-likeness (QED) is 0.772. The van der Waals surface area contributed by atoms with E-state index < -0.39 is 6.04 Å². The van der Waals surface area contributed by atoms with Gasteiger partial charge < -0.3 is 10.3 Å². The maximum absolute atomic E-state index is 12.5. The highest BCUT2D eigenvalue weighted by Gasteiger charge is 2.22. The molecule has 3 aromatic rings. The SMILES string of the molecule is Cc1ccc(NC(=O)C(C)n2nc(C)c3c(=O)[nH]c(C)nc32)cc1.